The zero-order valence-electron chi connectivity index (χ0n) is 23.7. The summed E-state index contributed by atoms with van der Waals surface area (Å²) in [5.41, 5.74) is 9.31. The molecule has 3 N–H and O–H groups in total. The molecule has 206 valence electrons. The van der Waals surface area contributed by atoms with Gasteiger partial charge in [-0.25, -0.2) is 4.98 Å². The van der Waals surface area contributed by atoms with Crippen molar-refractivity contribution in [3.8, 4) is 0 Å². The van der Waals surface area contributed by atoms with E-state index in [1.807, 2.05) is 19.9 Å². The number of aryl methyl sites for hydroxylation is 2. The highest BCUT2D eigenvalue weighted by Crippen LogP contribution is 2.21. The van der Waals surface area contributed by atoms with E-state index in [9.17, 15) is 9.59 Å². The maximum absolute atomic E-state index is 10.7. The number of nitrogen functional groups attached to an aromatic ring is 1. The third-order valence-electron chi connectivity index (χ3n) is 5.80. The number of hydrogen-bond donors (Lipinski definition) is 2. The molecule has 0 saturated carbocycles. The van der Waals surface area contributed by atoms with Gasteiger partial charge in [-0.1, -0.05) is 40.7 Å². The average Bonchev–Trinajstić information content (AvgIpc) is 3.56. The Morgan fingerprint density at radius 2 is 2.00 bits per heavy atom. The Bertz CT molecular complexity index is 980. The van der Waals surface area contributed by atoms with Crippen LogP contribution in [0.15, 0.2) is 24.5 Å². The standard InChI is InChI=1S/C12H18N2O.C9H11N3O2.C7H17N/c1-3-5-12-10(4-2)8-14(13-12)11-6-7-15-9-11;1-2-6-3-7(4-11-9(6)10)12-8(14)5-13;1-5-8(4)6-7(2)3/h3,5,8,11H,4,6-7,9H2,1-2H3;3-5H,2H2,1H3,(H2,10,11)(H,12,14);7H,5-6H2,1-4H3/b5-3-;;. The molecule has 2 aromatic rings. The van der Waals surface area contributed by atoms with Gasteiger partial charge < -0.3 is 20.7 Å². The molecule has 0 aliphatic carbocycles. The third kappa shape index (κ3) is 11.7. The maximum atomic E-state index is 10.7. The molecule has 0 radical (unpaired) electrons. The van der Waals surface area contributed by atoms with E-state index in [0.717, 1.165) is 56.2 Å². The first kappa shape index (κ1) is 32.0. The zero-order valence-corrected chi connectivity index (χ0v) is 23.7. The molecule has 0 spiro atoms. The molecule has 1 atom stereocenters. The molecule has 2 aromatic heterocycles. The highest BCUT2D eigenvalue weighted by atomic mass is 16.5. The lowest BCUT2D eigenvalue weighted by atomic mass is 10.2. The molecule has 1 aliphatic heterocycles. The second-order valence-corrected chi connectivity index (χ2v) is 9.37. The molecule has 3 rings (SSSR count). The van der Waals surface area contributed by atoms with Crippen LogP contribution in [0.4, 0.5) is 11.5 Å². The van der Waals surface area contributed by atoms with Gasteiger partial charge in [0, 0.05) is 19.3 Å². The van der Waals surface area contributed by atoms with Gasteiger partial charge in [-0.15, -0.1) is 0 Å². The Labute approximate surface area is 222 Å². The van der Waals surface area contributed by atoms with Crippen LogP contribution in [0.1, 0.15) is 70.8 Å². The fourth-order valence-corrected chi connectivity index (χ4v) is 3.73. The van der Waals surface area contributed by atoms with Crippen LogP contribution in [0, 0.1) is 5.92 Å². The summed E-state index contributed by atoms with van der Waals surface area (Å²) in [6, 6.07) is 2.14. The van der Waals surface area contributed by atoms with Crippen molar-refractivity contribution in [1.29, 1.82) is 0 Å². The van der Waals surface area contributed by atoms with Crippen molar-refractivity contribution >= 4 is 29.8 Å². The highest BCUT2D eigenvalue weighted by Gasteiger charge is 2.19. The van der Waals surface area contributed by atoms with Gasteiger partial charge in [0.1, 0.15) is 5.82 Å². The number of allylic oxidation sites excluding steroid dienone is 1. The number of aldehydes is 1. The van der Waals surface area contributed by atoms with Gasteiger partial charge in [-0.2, -0.15) is 5.10 Å². The molecule has 1 aliphatic rings. The normalized spacial score (nSPS) is 14.8. The van der Waals surface area contributed by atoms with E-state index in [1.54, 1.807) is 6.07 Å². The second-order valence-electron chi connectivity index (χ2n) is 9.37. The minimum atomic E-state index is -0.696. The highest BCUT2D eigenvalue weighted by molar-refractivity contribution is 6.29. The van der Waals surface area contributed by atoms with Crippen LogP contribution in [0.2, 0.25) is 0 Å². The number of carbonyl (C=O) groups is 2. The first-order valence-corrected chi connectivity index (χ1v) is 13.2. The van der Waals surface area contributed by atoms with Crippen molar-refractivity contribution in [2.75, 3.05) is 44.4 Å². The summed E-state index contributed by atoms with van der Waals surface area (Å²) in [5.74, 6) is 0.551. The summed E-state index contributed by atoms with van der Waals surface area (Å²) in [6.07, 6.45) is 10.7. The summed E-state index contributed by atoms with van der Waals surface area (Å²) < 4.78 is 7.45. The average molecular weight is 515 g/mol. The number of nitrogens with two attached hydrogens (primary N) is 1. The Balaban J connectivity index is 0.000000292. The molecule has 1 unspecified atom stereocenters. The van der Waals surface area contributed by atoms with E-state index >= 15 is 0 Å². The minimum Gasteiger partial charge on any atom is -0.383 e. The van der Waals surface area contributed by atoms with Crippen molar-refractivity contribution in [1.82, 2.24) is 19.7 Å². The van der Waals surface area contributed by atoms with E-state index in [2.05, 4.69) is 72.0 Å². The van der Waals surface area contributed by atoms with Crippen LogP contribution < -0.4 is 11.1 Å². The lowest BCUT2D eigenvalue weighted by Gasteiger charge is -2.15. The monoisotopic (exact) mass is 514 g/mol. The Morgan fingerprint density at radius 1 is 1.30 bits per heavy atom. The fourth-order valence-electron chi connectivity index (χ4n) is 3.73. The fraction of sp³-hybridized carbons (Fsp3) is 0.571. The Morgan fingerprint density at radius 3 is 2.49 bits per heavy atom. The molecule has 0 aromatic carbocycles. The van der Waals surface area contributed by atoms with Crippen molar-refractivity contribution in [3.63, 3.8) is 0 Å². The van der Waals surface area contributed by atoms with Crippen molar-refractivity contribution in [2.24, 2.45) is 5.92 Å². The predicted molar refractivity (Wildman–Crippen MR) is 152 cm³/mol. The van der Waals surface area contributed by atoms with E-state index in [-0.39, 0.29) is 6.29 Å². The summed E-state index contributed by atoms with van der Waals surface area (Å²) in [5, 5.41) is 6.97. The van der Waals surface area contributed by atoms with Gasteiger partial charge in [0.25, 0.3) is 5.91 Å². The number of hydrogen-bond acceptors (Lipinski definition) is 7. The minimum absolute atomic E-state index is 0.210. The van der Waals surface area contributed by atoms with Crippen molar-refractivity contribution in [3.05, 3.63) is 41.4 Å². The number of anilines is 2. The Hall–Kier alpha value is -3.04. The van der Waals surface area contributed by atoms with Crippen molar-refractivity contribution in [2.45, 2.75) is 66.8 Å². The number of rotatable bonds is 9. The summed E-state index contributed by atoms with van der Waals surface area (Å²) in [7, 11) is 2.15. The van der Waals surface area contributed by atoms with Crippen LogP contribution in [0.5, 0.6) is 0 Å². The first-order valence-electron chi connectivity index (χ1n) is 13.2. The van der Waals surface area contributed by atoms with Gasteiger partial charge in [-0.3, -0.25) is 14.3 Å². The van der Waals surface area contributed by atoms with E-state index in [4.69, 9.17) is 10.5 Å². The van der Waals surface area contributed by atoms with Gasteiger partial charge in [0.05, 0.1) is 30.2 Å². The van der Waals surface area contributed by atoms with E-state index < -0.39 is 5.91 Å². The number of nitrogens with one attached hydrogen (secondary N) is 1. The molecule has 37 heavy (non-hydrogen) atoms. The maximum Gasteiger partial charge on any atom is 0.288 e. The molecule has 1 saturated heterocycles. The first-order chi connectivity index (χ1) is 17.7. The molecule has 1 amide bonds. The molecular formula is C28H46N6O3. The predicted octanol–water partition coefficient (Wildman–Crippen LogP) is 4.40. The smallest absolute Gasteiger partial charge is 0.288 e. The van der Waals surface area contributed by atoms with Gasteiger partial charge in [0.2, 0.25) is 6.29 Å². The van der Waals surface area contributed by atoms with Gasteiger partial charge in [-0.05, 0) is 69.0 Å². The molecule has 1 fully saturated rings. The van der Waals surface area contributed by atoms with Crippen molar-refractivity contribution < 1.29 is 14.3 Å². The molecule has 9 nitrogen and oxygen atoms in total. The number of nitrogens with zero attached hydrogens (tertiary/aromatic N) is 4. The second kappa shape index (κ2) is 17.4. The van der Waals surface area contributed by atoms with E-state index in [1.165, 1.54) is 18.3 Å². The molecule has 0 bridgehead atoms. The van der Waals surface area contributed by atoms with Gasteiger partial charge in [0.15, 0.2) is 0 Å². The number of ether oxygens (including phenoxy) is 1. The summed E-state index contributed by atoms with van der Waals surface area (Å²) >= 11 is 0. The van der Waals surface area contributed by atoms with Gasteiger partial charge >= 0.3 is 0 Å². The van der Waals surface area contributed by atoms with Crippen LogP contribution in [0.3, 0.4) is 0 Å². The SMILES string of the molecule is C/C=C\c1nn(C2CCOC2)cc1CC.CCN(C)CC(C)C.CCc1cc(NC(=O)C=O)cnc1N. The largest absolute Gasteiger partial charge is 0.383 e. The van der Waals surface area contributed by atoms with Crippen LogP contribution in [-0.2, 0) is 27.2 Å². The Kier molecular flexibility index (Phi) is 15.1. The summed E-state index contributed by atoms with van der Waals surface area (Å²) in [4.78, 5) is 27.0. The zero-order chi connectivity index (χ0) is 27.8. The molecule has 3 heterocycles. The quantitative estimate of drug-likeness (QED) is 0.376. The van der Waals surface area contributed by atoms with Crippen LogP contribution in [0.25, 0.3) is 6.08 Å². The number of pyridine rings is 1. The number of aromatic nitrogens is 3. The molecule has 9 heteroatoms. The number of carbonyl (C=O) groups excluding carboxylic acids is 2. The number of amides is 1. The summed E-state index contributed by atoms with van der Waals surface area (Å²) in [6.45, 7) is 16.8. The van der Waals surface area contributed by atoms with Crippen LogP contribution >= 0.6 is 0 Å². The van der Waals surface area contributed by atoms with Crippen LogP contribution in [-0.4, -0.2) is 65.2 Å². The third-order valence-corrected chi connectivity index (χ3v) is 5.80. The lowest BCUT2D eigenvalue weighted by molar-refractivity contribution is -0.127. The van der Waals surface area contributed by atoms with E-state index in [0.29, 0.717) is 17.5 Å². The topological polar surface area (TPSA) is 115 Å². The lowest BCUT2D eigenvalue weighted by Crippen LogP contribution is -2.22. The molecular weight excluding hydrogens is 468 g/mol.